The topological polar surface area (TPSA) is 113 Å². The molecule has 0 saturated carbocycles. The van der Waals surface area contributed by atoms with Gasteiger partial charge in [0.1, 0.15) is 5.82 Å². The predicted molar refractivity (Wildman–Crippen MR) is 124 cm³/mol. The second kappa shape index (κ2) is 7.95. The second-order valence-electron chi connectivity index (χ2n) is 9.36. The lowest BCUT2D eigenvalue weighted by Crippen LogP contribution is -2.52. The lowest BCUT2D eigenvalue weighted by Gasteiger charge is -2.37. The smallest absolute Gasteiger partial charge is 0.408 e. The maximum Gasteiger partial charge on any atom is 0.408 e. The van der Waals surface area contributed by atoms with Crippen molar-refractivity contribution in [3.63, 3.8) is 0 Å². The fraction of sp³-hybridized carbons (Fsp3) is 0.391. The number of anilines is 1. The van der Waals surface area contributed by atoms with Crippen LogP contribution in [0.15, 0.2) is 42.7 Å². The number of rotatable bonds is 4. The first-order chi connectivity index (χ1) is 15.8. The summed E-state index contributed by atoms with van der Waals surface area (Å²) in [4.78, 5) is 29.1. The lowest BCUT2D eigenvalue weighted by atomic mass is 10.0. The third-order valence-electron chi connectivity index (χ3n) is 6.00. The third kappa shape index (κ3) is 4.04. The van der Waals surface area contributed by atoms with Crippen LogP contribution < -0.4 is 4.90 Å². The standard InChI is InChI=1S/C23H26N8O2/c1-23(2,3)31(22(32)33)17-8-10-29(14-17)19-12-25-20-21(26-19)30(28-27-20)13-15-6-7-18-16(11-15)5-4-9-24-18/h4-7,9,11-12,17H,8,10,13-14H2,1-3H3,(H,32,33). The summed E-state index contributed by atoms with van der Waals surface area (Å²) in [6.07, 6.45) is 3.31. The molecule has 1 aromatic carbocycles. The molecule has 0 radical (unpaired) electrons. The minimum atomic E-state index is -0.899. The number of carbonyl (C=O) groups is 1. The van der Waals surface area contributed by atoms with Gasteiger partial charge in [0.2, 0.25) is 5.65 Å². The molecule has 4 aromatic rings. The fourth-order valence-electron chi connectivity index (χ4n) is 4.55. The number of pyridine rings is 1. The van der Waals surface area contributed by atoms with Crippen molar-refractivity contribution in [2.75, 3.05) is 18.0 Å². The van der Waals surface area contributed by atoms with Crippen molar-refractivity contribution < 1.29 is 9.90 Å². The van der Waals surface area contributed by atoms with E-state index in [2.05, 4.69) is 31.2 Å². The number of fused-ring (bicyclic) bond motifs is 2. The summed E-state index contributed by atoms with van der Waals surface area (Å²) in [5.41, 5.74) is 2.63. The summed E-state index contributed by atoms with van der Waals surface area (Å²) in [6, 6.07) is 9.96. The average Bonchev–Trinajstić information content (AvgIpc) is 3.40. The lowest BCUT2D eigenvalue weighted by molar-refractivity contribution is 0.0763. The molecule has 10 heteroatoms. The number of carboxylic acid groups (broad SMARTS) is 1. The Morgan fingerprint density at radius 3 is 2.88 bits per heavy atom. The molecule has 1 aliphatic rings. The van der Waals surface area contributed by atoms with Gasteiger partial charge in [-0.3, -0.25) is 9.88 Å². The summed E-state index contributed by atoms with van der Waals surface area (Å²) in [6.45, 7) is 7.56. The zero-order chi connectivity index (χ0) is 23.2. The molecule has 10 nitrogen and oxygen atoms in total. The van der Waals surface area contributed by atoms with Crippen LogP contribution in [-0.4, -0.2) is 70.7 Å². The molecule has 170 valence electrons. The molecule has 1 atom stereocenters. The van der Waals surface area contributed by atoms with Gasteiger partial charge in [0.05, 0.1) is 24.3 Å². The molecule has 0 aliphatic carbocycles. The maximum atomic E-state index is 11.9. The van der Waals surface area contributed by atoms with Gasteiger partial charge in [-0.2, -0.15) is 0 Å². The van der Waals surface area contributed by atoms with Crippen LogP contribution in [0.25, 0.3) is 22.2 Å². The molecule has 1 amide bonds. The first-order valence-corrected chi connectivity index (χ1v) is 11.0. The number of aromatic nitrogens is 6. The van der Waals surface area contributed by atoms with E-state index in [9.17, 15) is 9.90 Å². The van der Waals surface area contributed by atoms with Crippen LogP contribution >= 0.6 is 0 Å². The van der Waals surface area contributed by atoms with Crippen LogP contribution in [0.4, 0.5) is 10.6 Å². The molecule has 3 aromatic heterocycles. The summed E-state index contributed by atoms with van der Waals surface area (Å²) in [7, 11) is 0. The van der Waals surface area contributed by atoms with E-state index in [1.54, 1.807) is 22.0 Å². The first kappa shape index (κ1) is 21.0. The van der Waals surface area contributed by atoms with Crippen LogP contribution in [0.2, 0.25) is 0 Å². The summed E-state index contributed by atoms with van der Waals surface area (Å²) < 4.78 is 1.75. The Kier molecular flexibility index (Phi) is 5.07. The van der Waals surface area contributed by atoms with Gasteiger partial charge >= 0.3 is 6.09 Å². The first-order valence-electron chi connectivity index (χ1n) is 11.0. The van der Waals surface area contributed by atoms with E-state index in [1.165, 1.54) is 0 Å². The Hall–Kier alpha value is -3.82. The van der Waals surface area contributed by atoms with Crippen LogP contribution in [-0.2, 0) is 6.54 Å². The highest BCUT2D eigenvalue weighted by molar-refractivity contribution is 5.79. The summed E-state index contributed by atoms with van der Waals surface area (Å²) in [5, 5.41) is 19.2. The number of nitrogens with zero attached hydrogens (tertiary/aromatic N) is 8. The normalized spacial score (nSPS) is 16.6. The number of amides is 1. The zero-order valence-corrected chi connectivity index (χ0v) is 18.9. The van der Waals surface area contributed by atoms with Gasteiger partial charge in [-0.05, 0) is 51.0 Å². The highest BCUT2D eigenvalue weighted by atomic mass is 16.4. The van der Waals surface area contributed by atoms with Gasteiger partial charge in [0, 0.05) is 30.2 Å². The molecule has 4 heterocycles. The number of hydrogen-bond acceptors (Lipinski definition) is 7. The van der Waals surface area contributed by atoms with E-state index < -0.39 is 11.6 Å². The average molecular weight is 447 g/mol. The fourth-order valence-corrected chi connectivity index (χ4v) is 4.55. The quantitative estimate of drug-likeness (QED) is 0.509. The van der Waals surface area contributed by atoms with Crippen molar-refractivity contribution in [3.05, 3.63) is 48.3 Å². The van der Waals surface area contributed by atoms with E-state index in [0.717, 1.165) is 22.9 Å². The molecule has 1 saturated heterocycles. The SMILES string of the molecule is CC(C)(C)N(C(=O)O)C1CCN(c2cnc3nnn(Cc4ccc5ncccc5c4)c3n2)C1. The van der Waals surface area contributed by atoms with Crippen molar-refractivity contribution >= 4 is 34.1 Å². The number of hydrogen-bond donors (Lipinski definition) is 1. The molecule has 0 bridgehead atoms. The largest absolute Gasteiger partial charge is 0.465 e. The second-order valence-corrected chi connectivity index (χ2v) is 9.36. The molecule has 1 fully saturated rings. The predicted octanol–water partition coefficient (Wildman–Crippen LogP) is 3.18. The van der Waals surface area contributed by atoms with Crippen LogP contribution in [0.1, 0.15) is 32.8 Å². The minimum Gasteiger partial charge on any atom is -0.465 e. The van der Waals surface area contributed by atoms with E-state index in [0.29, 0.717) is 36.7 Å². The molecule has 1 unspecified atom stereocenters. The van der Waals surface area contributed by atoms with E-state index in [4.69, 9.17) is 4.98 Å². The highest BCUT2D eigenvalue weighted by Crippen LogP contribution is 2.27. The molecule has 1 aliphatic heterocycles. The van der Waals surface area contributed by atoms with Crippen molar-refractivity contribution in [1.29, 1.82) is 0 Å². The molecule has 0 spiro atoms. The van der Waals surface area contributed by atoms with E-state index in [-0.39, 0.29) is 6.04 Å². The summed E-state index contributed by atoms with van der Waals surface area (Å²) in [5.74, 6) is 0.704. The zero-order valence-electron chi connectivity index (χ0n) is 18.9. The molecule has 33 heavy (non-hydrogen) atoms. The Morgan fingerprint density at radius 2 is 2.09 bits per heavy atom. The van der Waals surface area contributed by atoms with Gasteiger partial charge in [0.25, 0.3) is 0 Å². The molecular formula is C23H26N8O2. The Balaban J connectivity index is 1.40. The Bertz CT molecular complexity index is 1330. The Labute approximate surface area is 190 Å². The Morgan fingerprint density at radius 1 is 1.24 bits per heavy atom. The van der Waals surface area contributed by atoms with E-state index in [1.807, 2.05) is 45.0 Å². The molecule has 1 N–H and O–H groups in total. The van der Waals surface area contributed by atoms with Crippen LogP contribution in [0.5, 0.6) is 0 Å². The monoisotopic (exact) mass is 446 g/mol. The summed E-state index contributed by atoms with van der Waals surface area (Å²) >= 11 is 0. The molecular weight excluding hydrogens is 420 g/mol. The van der Waals surface area contributed by atoms with Crippen LogP contribution in [0.3, 0.4) is 0 Å². The number of benzene rings is 1. The van der Waals surface area contributed by atoms with Gasteiger partial charge in [0.15, 0.2) is 5.65 Å². The minimum absolute atomic E-state index is 0.103. The molecule has 5 rings (SSSR count). The van der Waals surface area contributed by atoms with E-state index >= 15 is 0 Å². The van der Waals surface area contributed by atoms with Crippen molar-refractivity contribution in [2.45, 2.75) is 45.3 Å². The van der Waals surface area contributed by atoms with Crippen molar-refractivity contribution in [1.82, 2.24) is 34.8 Å². The van der Waals surface area contributed by atoms with Crippen LogP contribution in [0, 0.1) is 0 Å². The van der Waals surface area contributed by atoms with Gasteiger partial charge < -0.3 is 10.0 Å². The highest BCUT2D eigenvalue weighted by Gasteiger charge is 2.37. The van der Waals surface area contributed by atoms with Crippen molar-refractivity contribution in [2.24, 2.45) is 0 Å². The third-order valence-corrected chi connectivity index (χ3v) is 6.00. The van der Waals surface area contributed by atoms with Crippen molar-refractivity contribution in [3.8, 4) is 0 Å². The van der Waals surface area contributed by atoms with Gasteiger partial charge in [-0.15, -0.1) is 5.10 Å². The maximum absolute atomic E-state index is 11.9. The van der Waals surface area contributed by atoms with Gasteiger partial charge in [-0.1, -0.05) is 17.3 Å². The van der Waals surface area contributed by atoms with Gasteiger partial charge in [-0.25, -0.2) is 19.4 Å².